The summed E-state index contributed by atoms with van der Waals surface area (Å²) in [5, 5.41) is 10.9. The van der Waals surface area contributed by atoms with Crippen LogP contribution >= 0.6 is 23.2 Å². The summed E-state index contributed by atoms with van der Waals surface area (Å²) < 4.78 is 15.4. The van der Waals surface area contributed by atoms with Crippen LogP contribution in [0.2, 0.25) is 5.02 Å². The van der Waals surface area contributed by atoms with Gasteiger partial charge in [-0.25, -0.2) is 4.39 Å². The Balaban J connectivity index is 1.52. The molecular formula is C22H21Cl2FN4O. The standard InChI is InChI=1S/C22H21Cl2FN4O/c1-29-21(18(23)11-27-29)13-5-7-14(8-6-13)22(30)28-19-12-26-20(24)10-17(19)15-3-2-4-16(25)9-15/h2-9,11,17,19-20,26H,10,12H2,1H3,(H,28,30)/t17-,19+,20?/m0/s1. The Morgan fingerprint density at radius 3 is 2.70 bits per heavy atom. The van der Waals surface area contributed by atoms with Crippen molar-refractivity contribution in [3.63, 3.8) is 0 Å². The van der Waals surface area contributed by atoms with Gasteiger partial charge in [0.1, 0.15) is 5.82 Å². The zero-order chi connectivity index (χ0) is 21.3. The van der Waals surface area contributed by atoms with Crippen molar-refractivity contribution in [1.29, 1.82) is 0 Å². The number of piperidine rings is 1. The van der Waals surface area contributed by atoms with E-state index in [1.54, 1.807) is 29.1 Å². The van der Waals surface area contributed by atoms with Crippen LogP contribution in [0, 0.1) is 5.82 Å². The first-order valence-corrected chi connectivity index (χ1v) is 10.5. The van der Waals surface area contributed by atoms with Gasteiger partial charge in [-0.2, -0.15) is 5.10 Å². The highest BCUT2D eigenvalue weighted by Crippen LogP contribution is 2.30. The molecule has 30 heavy (non-hydrogen) atoms. The first-order chi connectivity index (χ1) is 14.4. The first kappa shape index (κ1) is 20.8. The Bertz CT molecular complexity index is 1030. The number of hydrogen-bond acceptors (Lipinski definition) is 3. The van der Waals surface area contributed by atoms with Crippen molar-refractivity contribution < 1.29 is 9.18 Å². The fraction of sp³-hybridized carbons (Fsp3) is 0.273. The van der Waals surface area contributed by atoms with Crippen LogP contribution in [0.5, 0.6) is 0 Å². The molecule has 3 atom stereocenters. The van der Waals surface area contributed by atoms with Crippen LogP contribution in [0.3, 0.4) is 0 Å². The fourth-order valence-electron chi connectivity index (χ4n) is 3.89. The van der Waals surface area contributed by atoms with Gasteiger partial charge < -0.3 is 5.32 Å². The lowest BCUT2D eigenvalue weighted by molar-refractivity contribution is 0.0923. The molecule has 2 N–H and O–H groups in total. The van der Waals surface area contributed by atoms with E-state index in [1.165, 1.54) is 12.1 Å². The van der Waals surface area contributed by atoms with Gasteiger partial charge in [0.15, 0.2) is 0 Å². The summed E-state index contributed by atoms with van der Waals surface area (Å²) in [7, 11) is 1.81. The molecule has 8 heteroatoms. The lowest BCUT2D eigenvalue weighted by Crippen LogP contribution is -2.52. The fourth-order valence-corrected chi connectivity index (χ4v) is 4.45. The monoisotopic (exact) mass is 446 g/mol. The van der Waals surface area contributed by atoms with Crippen LogP contribution in [0.4, 0.5) is 4.39 Å². The normalized spacial score (nSPS) is 21.4. The Hall–Kier alpha value is -2.41. The Kier molecular flexibility index (Phi) is 6.09. The Labute approximate surface area is 184 Å². The number of aromatic nitrogens is 2. The summed E-state index contributed by atoms with van der Waals surface area (Å²) in [4.78, 5) is 12.9. The second-order valence-corrected chi connectivity index (χ2v) is 8.33. The number of benzene rings is 2. The molecule has 0 bridgehead atoms. The molecule has 1 aliphatic rings. The summed E-state index contributed by atoms with van der Waals surface area (Å²) in [6.07, 6.45) is 2.18. The predicted octanol–water partition coefficient (Wildman–Crippen LogP) is 4.32. The van der Waals surface area contributed by atoms with Gasteiger partial charge in [-0.15, -0.1) is 11.6 Å². The van der Waals surface area contributed by atoms with Gasteiger partial charge in [0.25, 0.3) is 5.91 Å². The number of nitrogens with one attached hydrogen (secondary N) is 2. The molecule has 0 aliphatic carbocycles. The molecular weight excluding hydrogens is 426 g/mol. The van der Waals surface area contributed by atoms with Crippen molar-refractivity contribution in [2.45, 2.75) is 23.9 Å². The van der Waals surface area contributed by atoms with Crippen molar-refractivity contribution in [3.8, 4) is 11.3 Å². The number of carbonyl (C=O) groups is 1. The Morgan fingerprint density at radius 1 is 1.27 bits per heavy atom. The third kappa shape index (κ3) is 4.36. The smallest absolute Gasteiger partial charge is 0.251 e. The maximum atomic E-state index is 13.7. The molecule has 1 saturated heterocycles. The maximum Gasteiger partial charge on any atom is 0.251 e. The van der Waals surface area contributed by atoms with Gasteiger partial charge in [0.05, 0.1) is 22.4 Å². The van der Waals surface area contributed by atoms with Crippen LogP contribution in [0.15, 0.2) is 54.7 Å². The minimum Gasteiger partial charge on any atom is -0.347 e. The molecule has 0 spiro atoms. The number of halogens is 3. The van der Waals surface area contributed by atoms with E-state index in [2.05, 4.69) is 15.7 Å². The molecule has 1 amide bonds. The molecule has 4 rings (SSSR count). The van der Waals surface area contributed by atoms with Gasteiger partial charge in [0, 0.05) is 36.7 Å². The SMILES string of the molecule is Cn1ncc(Cl)c1-c1ccc(C(=O)N[C@@H]2CNC(Cl)C[C@H]2c2cccc(F)c2)cc1. The zero-order valence-corrected chi connectivity index (χ0v) is 17.8. The molecule has 156 valence electrons. The topological polar surface area (TPSA) is 59.0 Å². The van der Waals surface area contributed by atoms with Crippen LogP contribution in [-0.2, 0) is 7.05 Å². The molecule has 0 saturated carbocycles. The lowest BCUT2D eigenvalue weighted by Gasteiger charge is -2.35. The third-order valence-electron chi connectivity index (χ3n) is 5.41. The van der Waals surface area contributed by atoms with Gasteiger partial charge >= 0.3 is 0 Å². The summed E-state index contributed by atoms with van der Waals surface area (Å²) in [6, 6.07) is 13.5. The van der Waals surface area contributed by atoms with E-state index in [0.717, 1.165) is 16.8 Å². The molecule has 5 nitrogen and oxygen atoms in total. The van der Waals surface area contributed by atoms with E-state index in [9.17, 15) is 9.18 Å². The minimum atomic E-state index is -0.299. The van der Waals surface area contributed by atoms with Crippen LogP contribution < -0.4 is 10.6 Å². The number of rotatable bonds is 4. The number of amides is 1. The molecule has 1 unspecified atom stereocenters. The van der Waals surface area contributed by atoms with Crippen molar-refractivity contribution in [2.75, 3.05) is 6.54 Å². The average Bonchev–Trinajstić information content (AvgIpc) is 3.07. The first-order valence-electron chi connectivity index (χ1n) is 9.64. The molecule has 2 aromatic carbocycles. The highest BCUT2D eigenvalue weighted by Gasteiger charge is 2.32. The van der Waals surface area contributed by atoms with Gasteiger partial charge in [0.2, 0.25) is 0 Å². The maximum absolute atomic E-state index is 13.7. The predicted molar refractivity (Wildman–Crippen MR) is 116 cm³/mol. The quantitative estimate of drug-likeness (QED) is 0.463. The molecule has 3 aromatic rings. The van der Waals surface area contributed by atoms with Gasteiger partial charge in [-0.1, -0.05) is 35.9 Å². The second kappa shape index (κ2) is 8.76. The molecule has 1 aliphatic heterocycles. The highest BCUT2D eigenvalue weighted by molar-refractivity contribution is 6.33. The van der Waals surface area contributed by atoms with Gasteiger partial charge in [-0.05, 0) is 36.2 Å². The largest absolute Gasteiger partial charge is 0.347 e. The molecule has 1 aromatic heterocycles. The minimum absolute atomic E-state index is 0.0825. The van der Waals surface area contributed by atoms with Gasteiger partial charge in [-0.3, -0.25) is 14.8 Å². The third-order valence-corrected chi connectivity index (χ3v) is 6.02. The van der Waals surface area contributed by atoms with E-state index < -0.39 is 0 Å². The van der Waals surface area contributed by atoms with E-state index in [4.69, 9.17) is 23.2 Å². The lowest BCUT2D eigenvalue weighted by atomic mass is 9.85. The highest BCUT2D eigenvalue weighted by atomic mass is 35.5. The molecule has 2 heterocycles. The number of hydrogen-bond donors (Lipinski definition) is 2. The molecule has 1 fully saturated rings. The molecule has 0 radical (unpaired) electrons. The van der Waals surface area contributed by atoms with Crippen LogP contribution in [0.25, 0.3) is 11.3 Å². The average molecular weight is 447 g/mol. The summed E-state index contributed by atoms with van der Waals surface area (Å²) >= 11 is 12.5. The summed E-state index contributed by atoms with van der Waals surface area (Å²) in [6.45, 7) is 0.504. The van der Waals surface area contributed by atoms with E-state index in [-0.39, 0.29) is 29.2 Å². The Morgan fingerprint density at radius 2 is 2.03 bits per heavy atom. The second-order valence-electron chi connectivity index (χ2n) is 7.40. The van der Waals surface area contributed by atoms with Crippen LogP contribution in [0.1, 0.15) is 28.3 Å². The van der Waals surface area contributed by atoms with Crippen molar-refractivity contribution in [2.24, 2.45) is 7.05 Å². The number of nitrogens with zero attached hydrogens (tertiary/aromatic N) is 2. The van der Waals surface area contributed by atoms with E-state index >= 15 is 0 Å². The van der Waals surface area contributed by atoms with Crippen molar-refractivity contribution >= 4 is 29.1 Å². The number of carbonyl (C=O) groups excluding carboxylic acids is 1. The number of aryl methyl sites for hydroxylation is 1. The number of alkyl halides is 1. The van der Waals surface area contributed by atoms with E-state index in [1.807, 2.05) is 25.2 Å². The summed E-state index contributed by atoms with van der Waals surface area (Å²) in [5.74, 6) is -0.577. The van der Waals surface area contributed by atoms with Crippen molar-refractivity contribution in [1.82, 2.24) is 20.4 Å². The van der Waals surface area contributed by atoms with E-state index in [0.29, 0.717) is 23.6 Å². The summed E-state index contributed by atoms with van der Waals surface area (Å²) in [5.41, 5.74) is 2.80. The zero-order valence-electron chi connectivity index (χ0n) is 16.3. The van der Waals surface area contributed by atoms with Crippen molar-refractivity contribution in [3.05, 3.63) is 76.7 Å². The van der Waals surface area contributed by atoms with Crippen LogP contribution in [-0.4, -0.2) is 33.8 Å².